The minimum atomic E-state index is 0.253. The van der Waals surface area contributed by atoms with Crippen molar-refractivity contribution in [2.75, 3.05) is 5.73 Å². The number of hydrogen-bond acceptors (Lipinski definition) is 4. The maximum absolute atomic E-state index is 6.07. The van der Waals surface area contributed by atoms with E-state index in [1.807, 2.05) is 4.68 Å². The van der Waals surface area contributed by atoms with Gasteiger partial charge < -0.3 is 5.73 Å². The Bertz CT molecular complexity index is 612. The number of anilines is 1. The van der Waals surface area contributed by atoms with Gasteiger partial charge in [-0.05, 0) is 41.8 Å². The lowest BCUT2D eigenvalue weighted by Crippen LogP contribution is -2.10. The standard InChI is InChI=1S/C13H15Cl2N5/c1-7(4-8-2-3-8)20-13(17-18-19-20)9-5-10(14)12(15)11(16)6-9/h5-8H,2-4,16H2,1H3. The van der Waals surface area contributed by atoms with Gasteiger partial charge in [0, 0.05) is 5.56 Å². The lowest BCUT2D eigenvalue weighted by atomic mass is 10.1. The zero-order chi connectivity index (χ0) is 14.3. The number of nitrogen functional groups attached to an aromatic ring is 1. The number of hydrogen-bond donors (Lipinski definition) is 1. The SMILES string of the molecule is CC(CC1CC1)n1nnnc1-c1cc(N)c(Cl)c(Cl)c1. The Morgan fingerprint density at radius 1 is 1.40 bits per heavy atom. The molecule has 0 saturated heterocycles. The third kappa shape index (κ3) is 2.60. The summed E-state index contributed by atoms with van der Waals surface area (Å²) in [7, 11) is 0. The molecule has 5 nitrogen and oxygen atoms in total. The minimum Gasteiger partial charge on any atom is -0.397 e. The van der Waals surface area contributed by atoms with Crippen LogP contribution in [-0.2, 0) is 0 Å². The van der Waals surface area contributed by atoms with E-state index < -0.39 is 0 Å². The van der Waals surface area contributed by atoms with Crippen LogP contribution in [0.25, 0.3) is 11.4 Å². The van der Waals surface area contributed by atoms with Crippen LogP contribution in [0.1, 0.15) is 32.2 Å². The average Bonchev–Trinajstić information content (AvgIpc) is 3.07. The van der Waals surface area contributed by atoms with Crippen molar-refractivity contribution in [1.82, 2.24) is 20.2 Å². The molecule has 1 aliphatic rings. The van der Waals surface area contributed by atoms with E-state index in [9.17, 15) is 0 Å². The van der Waals surface area contributed by atoms with Crippen molar-refractivity contribution in [3.63, 3.8) is 0 Å². The minimum absolute atomic E-state index is 0.253. The van der Waals surface area contributed by atoms with Crippen LogP contribution in [0.4, 0.5) is 5.69 Å². The van der Waals surface area contributed by atoms with E-state index in [2.05, 4.69) is 22.4 Å². The van der Waals surface area contributed by atoms with Crippen molar-refractivity contribution >= 4 is 28.9 Å². The van der Waals surface area contributed by atoms with E-state index in [1.54, 1.807) is 12.1 Å². The molecule has 7 heteroatoms. The Balaban J connectivity index is 1.96. The zero-order valence-corrected chi connectivity index (χ0v) is 12.6. The molecule has 1 aromatic heterocycles. The molecule has 0 spiro atoms. The lowest BCUT2D eigenvalue weighted by Gasteiger charge is -2.13. The van der Waals surface area contributed by atoms with Crippen molar-refractivity contribution in [2.45, 2.75) is 32.2 Å². The summed E-state index contributed by atoms with van der Waals surface area (Å²) in [6.07, 6.45) is 3.71. The summed E-state index contributed by atoms with van der Waals surface area (Å²) in [5.74, 6) is 1.48. The quantitative estimate of drug-likeness (QED) is 0.876. The van der Waals surface area contributed by atoms with Crippen LogP contribution >= 0.6 is 23.2 Å². The molecular formula is C13H15Cl2N5. The number of benzene rings is 1. The molecule has 0 aliphatic heterocycles. The molecule has 1 atom stereocenters. The van der Waals surface area contributed by atoms with Crippen molar-refractivity contribution in [1.29, 1.82) is 0 Å². The molecule has 106 valence electrons. The summed E-state index contributed by atoms with van der Waals surface area (Å²) >= 11 is 12.0. The summed E-state index contributed by atoms with van der Waals surface area (Å²) < 4.78 is 1.83. The highest BCUT2D eigenvalue weighted by molar-refractivity contribution is 6.43. The maximum Gasteiger partial charge on any atom is 0.182 e. The van der Waals surface area contributed by atoms with Crippen LogP contribution in [0.15, 0.2) is 12.1 Å². The molecule has 1 aromatic carbocycles. The van der Waals surface area contributed by atoms with E-state index in [-0.39, 0.29) is 6.04 Å². The molecule has 1 aliphatic carbocycles. The van der Waals surface area contributed by atoms with Gasteiger partial charge in [-0.1, -0.05) is 36.0 Å². The summed E-state index contributed by atoms with van der Waals surface area (Å²) in [4.78, 5) is 0. The second kappa shape index (κ2) is 5.22. The van der Waals surface area contributed by atoms with E-state index in [0.29, 0.717) is 21.6 Å². The van der Waals surface area contributed by atoms with Gasteiger partial charge in [0.25, 0.3) is 0 Å². The van der Waals surface area contributed by atoms with Crippen molar-refractivity contribution in [2.24, 2.45) is 5.92 Å². The average molecular weight is 312 g/mol. The fourth-order valence-corrected chi connectivity index (χ4v) is 2.69. The summed E-state index contributed by atoms with van der Waals surface area (Å²) in [5, 5.41) is 12.7. The number of rotatable bonds is 4. The van der Waals surface area contributed by atoms with Crippen LogP contribution in [-0.4, -0.2) is 20.2 Å². The molecule has 3 rings (SSSR count). The highest BCUT2D eigenvalue weighted by Crippen LogP contribution is 2.38. The second-order valence-electron chi connectivity index (χ2n) is 5.34. The molecule has 0 amide bonds. The predicted molar refractivity (Wildman–Crippen MR) is 79.7 cm³/mol. The van der Waals surface area contributed by atoms with Crippen LogP contribution < -0.4 is 5.73 Å². The van der Waals surface area contributed by atoms with E-state index in [1.165, 1.54) is 12.8 Å². The van der Waals surface area contributed by atoms with Gasteiger partial charge in [-0.25, -0.2) is 4.68 Å². The third-order valence-electron chi connectivity index (χ3n) is 3.60. The first-order valence-electron chi connectivity index (χ1n) is 6.59. The van der Waals surface area contributed by atoms with Crippen LogP contribution in [0, 0.1) is 5.92 Å². The second-order valence-corrected chi connectivity index (χ2v) is 6.12. The first kappa shape index (κ1) is 13.6. The van der Waals surface area contributed by atoms with Crippen molar-refractivity contribution < 1.29 is 0 Å². The normalized spacial score (nSPS) is 16.4. The zero-order valence-electron chi connectivity index (χ0n) is 11.1. The van der Waals surface area contributed by atoms with Crippen LogP contribution in [0.5, 0.6) is 0 Å². The number of halogens is 2. The topological polar surface area (TPSA) is 69.6 Å². The highest BCUT2D eigenvalue weighted by Gasteiger charge is 2.26. The monoisotopic (exact) mass is 311 g/mol. The fraction of sp³-hybridized carbons (Fsp3) is 0.462. The van der Waals surface area contributed by atoms with Crippen molar-refractivity contribution in [3.05, 3.63) is 22.2 Å². The first-order chi connectivity index (χ1) is 9.56. The molecule has 2 N–H and O–H groups in total. The Morgan fingerprint density at radius 2 is 2.15 bits per heavy atom. The van der Waals surface area contributed by atoms with Gasteiger partial charge >= 0.3 is 0 Å². The molecule has 1 unspecified atom stereocenters. The third-order valence-corrected chi connectivity index (χ3v) is 4.41. The number of nitrogens with zero attached hydrogens (tertiary/aromatic N) is 4. The van der Waals surface area contributed by atoms with Gasteiger partial charge in [-0.2, -0.15) is 0 Å². The van der Waals surface area contributed by atoms with Crippen LogP contribution in [0.3, 0.4) is 0 Å². The molecule has 1 heterocycles. The lowest BCUT2D eigenvalue weighted by molar-refractivity contribution is 0.430. The van der Waals surface area contributed by atoms with Gasteiger partial charge in [0.2, 0.25) is 0 Å². The summed E-state index contributed by atoms with van der Waals surface area (Å²) in [5.41, 5.74) is 7.06. The van der Waals surface area contributed by atoms with Gasteiger partial charge in [0.15, 0.2) is 5.82 Å². The largest absolute Gasteiger partial charge is 0.397 e. The number of aromatic nitrogens is 4. The summed E-state index contributed by atoms with van der Waals surface area (Å²) in [6, 6.07) is 3.75. The number of tetrazole rings is 1. The smallest absolute Gasteiger partial charge is 0.182 e. The maximum atomic E-state index is 6.07. The molecule has 0 radical (unpaired) electrons. The molecular weight excluding hydrogens is 297 g/mol. The van der Waals surface area contributed by atoms with Crippen molar-refractivity contribution in [3.8, 4) is 11.4 Å². The Morgan fingerprint density at radius 3 is 2.80 bits per heavy atom. The van der Waals surface area contributed by atoms with Crippen LogP contribution in [0.2, 0.25) is 10.0 Å². The Hall–Kier alpha value is -1.33. The number of nitrogens with two attached hydrogens (primary N) is 1. The van der Waals surface area contributed by atoms with Gasteiger partial charge in [0.1, 0.15) is 0 Å². The molecule has 0 bridgehead atoms. The van der Waals surface area contributed by atoms with Gasteiger partial charge in [-0.15, -0.1) is 5.10 Å². The van der Waals surface area contributed by atoms with E-state index >= 15 is 0 Å². The van der Waals surface area contributed by atoms with E-state index in [0.717, 1.165) is 17.9 Å². The summed E-state index contributed by atoms with van der Waals surface area (Å²) in [6.45, 7) is 2.12. The van der Waals surface area contributed by atoms with Gasteiger partial charge in [-0.3, -0.25) is 0 Å². The molecule has 2 aromatic rings. The van der Waals surface area contributed by atoms with E-state index in [4.69, 9.17) is 28.9 Å². The predicted octanol–water partition coefficient (Wildman–Crippen LogP) is 3.59. The van der Waals surface area contributed by atoms with Gasteiger partial charge in [0.05, 0.1) is 21.8 Å². The Kier molecular flexibility index (Phi) is 3.56. The molecule has 1 fully saturated rings. The first-order valence-corrected chi connectivity index (χ1v) is 7.34. The molecule has 20 heavy (non-hydrogen) atoms. The molecule has 1 saturated carbocycles. The highest BCUT2D eigenvalue weighted by atomic mass is 35.5. The Labute approximate surface area is 127 Å². The fourth-order valence-electron chi connectivity index (χ4n) is 2.36.